The predicted octanol–water partition coefficient (Wildman–Crippen LogP) is 3.55. The Morgan fingerprint density at radius 2 is 1.95 bits per heavy atom. The van der Waals surface area contributed by atoms with Crippen LogP contribution in [0.1, 0.15) is 20.3 Å². The molecule has 2 N–H and O–H groups in total. The summed E-state index contributed by atoms with van der Waals surface area (Å²) in [5.74, 6) is 0.101. The van der Waals surface area contributed by atoms with Crippen LogP contribution in [0.5, 0.6) is 11.5 Å². The maximum atomic E-state index is 10.8. The van der Waals surface area contributed by atoms with Crippen LogP contribution in [0.4, 0.5) is 0 Å². The lowest BCUT2D eigenvalue weighted by Gasteiger charge is -1.98. The first-order chi connectivity index (χ1) is 9.93. The zero-order valence-corrected chi connectivity index (χ0v) is 11.9. The fourth-order valence-electron chi connectivity index (χ4n) is 1.45. The van der Waals surface area contributed by atoms with Gasteiger partial charge in [0.2, 0.25) is 0 Å². The summed E-state index contributed by atoms with van der Waals surface area (Å²) < 4.78 is 4.77. The first kappa shape index (κ1) is 16.4. The Bertz CT molecular complexity index is 703. The molecule has 0 atom stereocenters. The third-order valence-electron chi connectivity index (χ3n) is 2.59. The Hall–Kier alpha value is -2.66. The Balaban J connectivity index is 0.000000240. The standard InChI is InChI=1S/C9H6O4.C5H11N3/c10-6-3-5-1-2-9(12)13-8(5)4-7(6)11;1-5(2)3-4-7-8-6/h1-4,10-11H;5H,3-4H2,1-2H3. The summed E-state index contributed by atoms with van der Waals surface area (Å²) >= 11 is 0. The van der Waals surface area contributed by atoms with E-state index < -0.39 is 5.63 Å². The van der Waals surface area contributed by atoms with Crippen molar-refractivity contribution >= 4 is 11.0 Å². The van der Waals surface area contributed by atoms with Gasteiger partial charge >= 0.3 is 5.63 Å². The molecule has 0 aliphatic rings. The lowest BCUT2D eigenvalue weighted by Crippen LogP contribution is -1.93. The van der Waals surface area contributed by atoms with Crippen molar-refractivity contribution in [2.75, 3.05) is 6.54 Å². The number of aromatic hydroxyl groups is 2. The highest BCUT2D eigenvalue weighted by atomic mass is 16.4. The van der Waals surface area contributed by atoms with Gasteiger partial charge < -0.3 is 14.6 Å². The van der Waals surface area contributed by atoms with E-state index in [0.717, 1.165) is 6.42 Å². The van der Waals surface area contributed by atoms with Crippen LogP contribution < -0.4 is 5.63 Å². The van der Waals surface area contributed by atoms with E-state index in [9.17, 15) is 4.79 Å². The van der Waals surface area contributed by atoms with Gasteiger partial charge in [0.25, 0.3) is 0 Å². The van der Waals surface area contributed by atoms with Gasteiger partial charge in [-0.3, -0.25) is 0 Å². The predicted molar refractivity (Wildman–Crippen MR) is 79.3 cm³/mol. The van der Waals surface area contributed by atoms with E-state index in [1.54, 1.807) is 0 Å². The van der Waals surface area contributed by atoms with Crippen LogP contribution in [-0.4, -0.2) is 16.8 Å². The molecule has 0 spiro atoms. The van der Waals surface area contributed by atoms with Gasteiger partial charge in [0.15, 0.2) is 11.5 Å². The van der Waals surface area contributed by atoms with E-state index >= 15 is 0 Å². The molecule has 0 saturated heterocycles. The quantitative estimate of drug-likeness (QED) is 0.295. The summed E-state index contributed by atoms with van der Waals surface area (Å²) in [7, 11) is 0. The second-order valence-corrected chi connectivity index (χ2v) is 4.77. The topological polar surface area (TPSA) is 119 Å². The number of phenols is 2. The Morgan fingerprint density at radius 3 is 2.57 bits per heavy atom. The van der Waals surface area contributed by atoms with E-state index in [2.05, 4.69) is 23.9 Å². The van der Waals surface area contributed by atoms with Gasteiger partial charge in [-0.2, -0.15) is 0 Å². The van der Waals surface area contributed by atoms with Gasteiger partial charge in [0, 0.05) is 29.0 Å². The first-order valence-corrected chi connectivity index (χ1v) is 6.40. The summed E-state index contributed by atoms with van der Waals surface area (Å²) in [5.41, 5.74) is 7.60. The normalized spacial score (nSPS) is 9.86. The smallest absolute Gasteiger partial charge is 0.336 e. The third-order valence-corrected chi connectivity index (χ3v) is 2.59. The fourth-order valence-corrected chi connectivity index (χ4v) is 1.45. The molecule has 2 aromatic rings. The van der Waals surface area contributed by atoms with Crippen molar-refractivity contribution in [2.24, 2.45) is 11.0 Å². The molecule has 21 heavy (non-hydrogen) atoms. The fraction of sp³-hybridized carbons (Fsp3) is 0.357. The zero-order valence-electron chi connectivity index (χ0n) is 11.9. The monoisotopic (exact) mass is 291 g/mol. The molecule has 0 aliphatic carbocycles. The molecule has 1 aromatic heterocycles. The molecule has 0 unspecified atom stereocenters. The molecule has 0 fully saturated rings. The highest BCUT2D eigenvalue weighted by Crippen LogP contribution is 2.28. The molecule has 7 heteroatoms. The molecule has 1 heterocycles. The van der Waals surface area contributed by atoms with E-state index in [4.69, 9.17) is 20.2 Å². The number of phenolic OH excluding ortho intramolecular Hbond substituents is 2. The lowest BCUT2D eigenvalue weighted by atomic mass is 10.1. The maximum Gasteiger partial charge on any atom is 0.336 e. The van der Waals surface area contributed by atoms with E-state index in [1.807, 2.05) is 0 Å². The largest absolute Gasteiger partial charge is 0.504 e. The SMILES string of the molecule is CC(C)CCN=[N+]=[N-].O=c1ccc2cc(O)c(O)cc2o1. The van der Waals surface area contributed by atoms with Crippen molar-refractivity contribution in [3.8, 4) is 11.5 Å². The molecular weight excluding hydrogens is 274 g/mol. The molecule has 112 valence electrons. The van der Waals surface area contributed by atoms with Gasteiger partial charge in [-0.1, -0.05) is 19.0 Å². The van der Waals surface area contributed by atoms with Gasteiger partial charge in [-0.05, 0) is 30.0 Å². The number of nitrogens with zero attached hydrogens (tertiary/aromatic N) is 3. The molecule has 0 amide bonds. The second kappa shape index (κ2) is 7.81. The molecule has 0 bridgehead atoms. The average Bonchev–Trinajstić information content (AvgIpc) is 2.41. The number of benzene rings is 1. The highest BCUT2D eigenvalue weighted by molar-refractivity contribution is 5.80. The van der Waals surface area contributed by atoms with Gasteiger partial charge in [-0.25, -0.2) is 4.79 Å². The van der Waals surface area contributed by atoms with Crippen LogP contribution >= 0.6 is 0 Å². The van der Waals surface area contributed by atoms with Crippen LogP contribution in [0, 0.1) is 5.92 Å². The number of hydrogen-bond donors (Lipinski definition) is 2. The number of rotatable bonds is 3. The van der Waals surface area contributed by atoms with Crippen molar-refractivity contribution < 1.29 is 14.6 Å². The minimum absolute atomic E-state index is 0.235. The van der Waals surface area contributed by atoms with Crippen molar-refractivity contribution in [1.82, 2.24) is 0 Å². The summed E-state index contributed by atoms with van der Waals surface area (Å²) in [4.78, 5) is 13.4. The minimum Gasteiger partial charge on any atom is -0.504 e. The summed E-state index contributed by atoms with van der Waals surface area (Å²) in [6.45, 7) is 4.84. The van der Waals surface area contributed by atoms with Gasteiger partial charge in [0.1, 0.15) is 5.58 Å². The number of hydrogen-bond acceptors (Lipinski definition) is 5. The zero-order chi connectivity index (χ0) is 15.8. The van der Waals surface area contributed by atoms with Gasteiger partial charge in [-0.15, -0.1) is 0 Å². The van der Waals surface area contributed by atoms with Crippen molar-refractivity contribution in [2.45, 2.75) is 20.3 Å². The first-order valence-electron chi connectivity index (χ1n) is 6.40. The van der Waals surface area contributed by atoms with Crippen molar-refractivity contribution in [1.29, 1.82) is 0 Å². The van der Waals surface area contributed by atoms with Crippen LogP contribution in [0.25, 0.3) is 21.4 Å². The maximum absolute atomic E-state index is 10.8. The average molecular weight is 291 g/mol. The number of azide groups is 1. The van der Waals surface area contributed by atoms with Crippen LogP contribution in [0.2, 0.25) is 0 Å². The van der Waals surface area contributed by atoms with Crippen molar-refractivity contribution in [3.63, 3.8) is 0 Å². The molecule has 0 radical (unpaired) electrons. The van der Waals surface area contributed by atoms with Crippen molar-refractivity contribution in [3.05, 3.63) is 45.1 Å². The Morgan fingerprint density at radius 1 is 1.29 bits per heavy atom. The van der Waals surface area contributed by atoms with E-state index in [1.165, 1.54) is 24.3 Å². The summed E-state index contributed by atoms with van der Waals surface area (Å²) in [5, 5.41) is 22.2. The second-order valence-electron chi connectivity index (χ2n) is 4.77. The Labute approximate surface area is 121 Å². The summed E-state index contributed by atoms with van der Waals surface area (Å²) in [6, 6.07) is 5.29. The molecule has 0 saturated carbocycles. The minimum atomic E-state index is -0.488. The van der Waals surface area contributed by atoms with Gasteiger partial charge in [0.05, 0.1) is 0 Å². The summed E-state index contributed by atoms with van der Waals surface area (Å²) in [6.07, 6.45) is 0.990. The molecular formula is C14H17N3O4. The number of fused-ring (bicyclic) bond motifs is 1. The third kappa shape index (κ3) is 5.46. The van der Waals surface area contributed by atoms with Crippen LogP contribution in [-0.2, 0) is 0 Å². The van der Waals surface area contributed by atoms with E-state index in [-0.39, 0.29) is 17.1 Å². The van der Waals surface area contributed by atoms with Crippen LogP contribution in [0.3, 0.4) is 0 Å². The Kier molecular flexibility index (Phi) is 6.10. The highest BCUT2D eigenvalue weighted by Gasteiger charge is 2.03. The van der Waals surface area contributed by atoms with E-state index in [0.29, 0.717) is 17.8 Å². The lowest BCUT2D eigenvalue weighted by molar-refractivity contribution is 0.403. The molecule has 2 rings (SSSR count). The molecule has 1 aromatic carbocycles. The molecule has 7 nitrogen and oxygen atoms in total. The molecule has 0 aliphatic heterocycles. The van der Waals surface area contributed by atoms with Crippen LogP contribution in [0.15, 0.2) is 38.6 Å².